The van der Waals surface area contributed by atoms with Crippen molar-refractivity contribution in [2.24, 2.45) is 5.92 Å². The van der Waals surface area contributed by atoms with Gasteiger partial charge in [0.2, 0.25) is 0 Å². The molecule has 0 spiro atoms. The third-order valence-electron chi connectivity index (χ3n) is 3.48. The van der Waals surface area contributed by atoms with Gasteiger partial charge in [0, 0.05) is 10.7 Å². The average Bonchev–Trinajstić information content (AvgIpc) is 2.71. The number of aromatic nitrogens is 2. The van der Waals surface area contributed by atoms with Gasteiger partial charge in [-0.3, -0.25) is 9.20 Å². The maximum Gasteiger partial charge on any atom is 0.326 e. The number of amides is 1. The lowest BCUT2D eigenvalue weighted by atomic mass is 10.0. The molecule has 2 aromatic rings. The fraction of sp³-hybridized carbons (Fsp3) is 0.400. The van der Waals surface area contributed by atoms with E-state index in [1.54, 1.807) is 31.4 Å². The minimum Gasteiger partial charge on any atom is -0.480 e. The van der Waals surface area contributed by atoms with Gasteiger partial charge in [-0.25, -0.2) is 9.78 Å². The van der Waals surface area contributed by atoms with E-state index in [-0.39, 0.29) is 5.92 Å². The van der Waals surface area contributed by atoms with E-state index in [0.29, 0.717) is 17.0 Å². The van der Waals surface area contributed by atoms with Crippen molar-refractivity contribution in [3.63, 3.8) is 0 Å². The summed E-state index contributed by atoms with van der Waals surface area (Å²) in [4.78, 5) is 28.2. The smallest absolute Gasteiger partial charge is 0.326 e. The van der Waals surface area contributed by atoms with Gasteiger partial charge in [-0.1, -0.05) is 13.8 Å². The van der Waals surface area contributed by atoms with Gasteiger partial charge in [-0.2, -0.15) is 0 Å². The van der Waals surface area contributed by atoms with E-state index in [9.17, 15) is 14.7 Å². The molecule has 118 valence electrons. The Labute approximate surface area is 136 Å². The van der Waals surface area contributed by atoms with Gasteiger partial charge in [0.25, 0.3) is 5.91 Å². The zero-order chi connectivity index (χ0) is 16.6. The zero-order valence-corrected chi connectivity index (χ0v) is 14.4. The summed E-state index contributed by atoms with van der Waals surface area (Å²) in [6.07, 6.45) is 1.75. The summed E-state index contributed by atoms with van der Waals surface area (Å²) in [5.41, 5.74) is 2.52. The van der Waals surface area contributed by atoms with Crippen LogP contribution < -0.4 is 5.32 Å². The summed E-state index contributed by atoms with van der Waals surface area (Å²) in [5, 5.41) is 11.8. The predicted octanol–water partition coefficient (Wildman–Crippen LogP) is 2.55. The van der Waals surface area contributed by atoms with E-state index in [1.807, 2.05) is 13.0 Å². The molecule has 2 heterocycles. The van der Waals surface area contributed by atoms with Gasteiger partial charge < -0.3 is 10.4 Å². The summed E-state index contributed by atoms with van der Waals surface area (Å²) in [6.45, 7) is 7.14. The van der Waals surface area contributed by atoms with E-state index in [1.165, 1.54) is 0 Å². The van der Waals surface area contributed by atoms with E-state index in [4.69, 9.17) is 0 Å². The van der Waals surface area contributed by atoms with Crippen molar-refractivity contribution in [2.45, 2.75) is 33.7 Å². The van der Waals surface area contributed by atoms with Crippen molar-refractivity contribution < 1.29 is 14.7 Å². The minimum atomic E-state index is -1.05. The lowest BCUT2D eigenvalue weighted by Gasteiger charge is -2.18. The SMILES string of the molecule is Cc1nc2c(C)cc(Br)cn2c1C(=O)NC(C(=O)O)C(C)C. The Kier molecular flexibility index (Phi) is 4.55. The van der Waals surface area contributed by atoms with Crippen LogP contribution in [0, 0.1) is 19.8 Å². The molecule has 1 atom stereocenters. The first-order chi connectivity index (χ1) is 10.2. The molecular formula is C15H18BrN3O3. The molecule has 0 aromatic carbocycles. The second-order valence-corrected chi connectivity index (χ2v) is 6.53. The zero-order valence-electron chi connectivity index (χ0n) is 12.8. The number of hydrogen-bond acceptors (Lipinski definition) is 3. The number of nitrogens with zero attached hydrogens (tertiary/aromatic N) is 2. The molecular weight excluding hydrogens is 350 g/mol. The van der Waals surface area contributed by atoms with Crippen molar-refractivity contribution in [3.8, 4) is 0 Å². The molecule has 22 heavy (non-hydrogen) atoms. The van der Waals surface area contributed by atoms with Crippen molar-refractivity contribution in [1.82, 2.24) is 14.7 Å². The van der Waals surface area contributed by atoms with Gasteiger partial charge in [-0.05, 0) is 47.3 Å². The van der Waals surface area contributed by atoms with E-state index < -0.39 is 17.9 Å². The minimum absolute atomic E-state index is 0.214. The first-order valence-corrected chi connectivity index (χ1v) is 7.70. The summed E-state index contributed by atoms with van der Waals surface area (Å²) in [7, 11) is 0. The number of aryl methyl sites for hydroxylation is 2. The van der Waals surface area contributed by atoms with Crippen LogP contribution in [0.3, 0.4) is 0 Å². The monoisotopic (exact) mass is 367 g/mol. The van der Waals surface area contributed by atoms with Crippen LogP contribution >= 0.6 is 15.9 Å². The second kappa shape index (κ2) is 6.08. The van der Waals surface area contributed by atoms with Crippen molar-refractivity contribution in [2.75, 3.05) is 0 Å². The molecule has 2 N–H and O–H groups in total. The number of carboxylic acids is 1. The molecule has 0 radical (unpaired) electrons. The number of fused-ring (bicyclic) bond motifs is 1. The Balaban J connectivity index is 2.48. The van der Waals surface area contributed by atoms with Crippen molar-refractivity contribution >= 4 is 33.5 Å². The lowest BCUT2D eigenvalue weighted by molar-refractivity contribution is -0.140. The van der Waals surface area contributed by atoms with Crippen LogP contribution in [-0.2, 0) is 4.79 Å². The molecule has 6 nitrogen and oxygen atoms in total. The molecule has 0 aliphatic carbocycles. The molecule has 0 saturated carbocycles. The molecule has 2 aromatic heterocycles. The number of rotatable bonds is 4. The first-order valence-electron chi connectivity index (χ1n) is 6.90. The van der Waals surface area contributed by atoms with Gasteiger partial charge in [0.15, 0.2) is 0 Å². The van der Waals surface area contributed by atoms with Crippen LogP contribution in [0.15, 0.2) is 16.7 Å². The number of imidazole rings is 1. The molecule has 1 unspecified atom stereocenters. The summed E-state index contributed by atoms with van der Waals surface area (Å²) in [5.74, 6) is -1.70. The fourth-order valence-corrected chi connectivity index (χ4v) is 2.93. The van der Waals surface area contributed by atoms with E-state index in [0.717, 1.165) is 10.0 Å². The molecule has 2 rings (SSSR count). The average molecular weight is 368 g/mol. The number of carbonyl (C=O) groups is 2. The fourth-order valence-electron chi connectivity index (χ4n) is 2.38. The first kappa shape index (κ1) is 16.5. The number of carboxylic acid groups (broad SMARTS) is 1. The molecule has 0 fully saturated rings. The van der Waals surface area contributed by atoms with E-state index >= 15 is 0 Å². The number of aliphatic carboxylic acids is 1. The van der Waals surface area contributed by atoms with Gasteiger partial charge in [0.1, 0.15) is 17.4 Å². The molecule has 0 aliphatic heterocycles. The Morgan fingerprint density at radius 2 is 2.00 bits per heavy atom. The number of carbonyl (C=O) groups excluding carboxylic acids is 1. The third kappa shape index (κ3) is 2.99. The number of nitrogens with one attached hydrogen (secondary N) is 1. The largest absolute Gasteiger partial charge is 0.480 e. The quantitative estimate of drug-likeness (QED) is 0.869. The second-order valence-electron chi connectivity index (χ2n) is 5.61. The van der Waals surface area contributed by atoms with Gasteiger partial charge in [-0.15, -0.1) is 0 Å². The summed E-state index contributed by atoms with van der Waals surface area (Å²) < 4.78 is 2.51. The Bertz CT molecular complexity index is 752. The summed E-state index contributed by atoms with van der Waals surface area (Å²) in [6, 6.07) is 0.975. The highest BCUT2D eigenvalue weighted by atomic mass is 79.9. The van der Waals surface area contributed by atoms with Crippen molar-refractivity contribution in [3.05, 3.63) is 33.7 Å². The molecule has 0 saturated heterocycles. The molecule has 7 heteroatoms. The maximum absolute atomic E-state index is 12.5. The van der Waals surface area contributed by atoms with Crippen LogP contribution in [0.1, 0.15) is 35.6 Å². The van der Waals surface area contributed by atoms with Crippen LogP contribution in [0.2, 0.25) is 0 Å². The highest BCUT2D eigenvalue weighted by Crippen LogP contribution is 2.20. The molecule has 0 bridgehead atoms. The van der Waals surface area contributed by atoms with Gasteiger partial charge >= 0.3 is 5.97 Å². The highest BCUT2D eigenvalue weighted by molar-refractivity contribution is 9.10. The maximum atomic E-state index is 12.5. The van der Waals surface area contributed by atoms with E-state index in [2.05, 4.69) is 26.2 Å². The predicted molar refractivity (Wildman–Crippen MR) is 86.1 cm³/mol. The molecule has 1 amide bonds. The van der Waals surface area contributed by atoms with Crippen LogP contribution in [0.5, 0.6) is 0 Å². The standard InChI is InChI=1S/C15H18BrN3O3/c1-7(2)11(15(21)22)18-14(20)12-9(4)17-13-8(3)5-10(16)6-19(12)13/h5-7,11H,1-4H3,(H,18,20)(H,21,22). The van der Waals surface area contributed by atoms with Crippen LogP contribution in [0.4, 0.5) is 0 Å². The summed E-state index contributed by atoms with van der Waals surface area (Å²) >= 11 is 3.40. The number of halogens is 1. The van der Waals surface area contributed by atoms with Crippen molar-refractivity contribution in [1.29, 1.82) is 0 Å². The Hall–Kier alpha value is -1.89. The Morgan fingerprint density at radius 3 is 2.55 bits per heavy atom. The number of pyridine rings is 1. The van der Waals surface area contributed by atoms with Gasteiger partial charge in [0.05, 0.1) is 5.69 Å². The third-order valence-corrected chi connectivity index (χ3v) is 3.91. The van der Waals surface area contributed by atoms with Crippen LogP contribution in [0.25, 0.3) is 5.65 Å². The molecule has 0 aliphatic rings. The highest BCUT2D eigenvalue weighted by Gasteiger charge is 2.26. The van der Waals surface area contributed by atoms with Crippen LogP contribution in [-0.4, -0.2) is 32.4 Å². The normalized spacial score (nSPS) is 12.6. The topological polar surface area (TPSA) is 83.7 Å². The lowest BCUT2D eigenvalue weighted by Crippen LogP contribution is -2.44. The number of hydrogen-bond donors (Lipinski definition) is 2. The Morgan fingerprint density at radius 1 is 1.36 bits per heavy atom.